The van der Waals surface area contributed by atoms with Gasteiger partial charge in [0.25, 0.3) is 0 Å². The maximum absolute atomic E-state index is 9.18. The van der Waals surface area contributed by atoms with Crippen LogP contribution < -0.4 is 5.32 Å². The highest BCUT2D eigenvalue weighted by Gasteiger charge is 2.20. The Labute approximate surface area is 123 Å². The fourth-order valence-corrected chi connectivity index (χ4v) is 2.30. The lowest BCUT2D eigenvalue weighted by Crippen LogP contribution is -2.16. The first-order chi connectivity index (χ1) is 10.2. The summed E-state index contributed by atoms with van der Waals surface area (Å²) in [6.07, 6.45) is 4.07. The minimum absolute atomic E-state index is 0.162. The molecule has 1 fully saturated rings. The van der Waals surface area contributed by atoms with E-state index in [0.29, 0.717) is 6.04 Å². The summed E-state index contributed by atoms with van der Waals surface area (Å²) in [5.74, 6) is 0. The quantitative estimate of drug-likeness (QED) is 0.929. The van der Waals surface area contributed by atoms with E-state index in [1.165, 1.54) is 24.7 Å². The molecule has 0 aliphatic heterocycles. The summed E-state index contributed by atoms with van der Waals surface area (Å²) in [6, 6.07) is 10.7. The lowest BCUT2D eigenvalue weighted by atomic mass is 10.1. The fraction of sp³-hybridized carbons (Fsp3) is 0.312. The van der Waals surface area contributed by atoms with Gasteiger partial charge in [0, 0.05) is 18.3 Å². The predicted octanol–water partition coefficient (Wildman–Crippen LogP) is 2.18. The number of nitrogens with one attached hydrogen (secondary N) is 1. The molecule has 2 aromatic rings. The highest BCUT2D eigenvalue weighted by atomic mass is 15.1. The summed E-state index contributed by atoms with van der Waals surface area (Å²) in [4.78, 5) is 3.97. The van der Waals surface area contributed by atoms with Gasteiger partial charge >= 0.3 is 0 Å². The summed E-state index contributed by atoms with van der Waals surface area (Å²) >= 11 is 0. The highest BCUT2D eigenvalue weighted by Crippen LogP contribution is 2.21. The molecule has 104 valence electrons. The summed E-state index contributed by atoms with van der Waals surface area (Å²) in [7, 11) is 0. The number of aryl methyl sites for hydroxylation is 1. The van der Waals surface area contributed by atoms with Crippen LogP contribution in [0.1, 0.15) is 35.4 Å². The van der Waals surface area contributed by atoms with Crippen molar-refractivity contribution in [1.82, 2.24) is 14.9 Å². The Morgan fingerprint density at radius 3 is 2.76 bits per heavy atom. The second-order valence-corrected chi connectivity index (χ2v) is 5.30. The number of hydrogen-bond donors (Lipinski definition) is 1. The van der Waals surface area contributed by atoms with Crippen molar-refractivity contribution in [3.05, 3.63) is 47.0 Å². The molecule has 1 N–H and O–H groups in total. The van der Waals surface area contributed by atoms with Crippen LogP contribution >= 0.6 is 0 Å². The van der Waals surface area contributed by atoms with Crippen molar-refractivity contribution in [1.29, 1.82) is 10.5 Å². The maximum atomic E-state index is 9.18. The Morgan fingerprint density at radius 2 is 2.14 bits per heavy atom. The van der Waals surface area contributed by atoms with Crippen LogP contribution in [-0.2, 0) is 6.54 Å². The molecule has 1 aliphatic carbocycles. The van der Waals surface area contributed by atoms with Gasteiger partial charge in [-0.2, -0.15) is 10.5 Å². The van der Waals surface area contributed by atoms with E-state index in [2.05, 4.69) is 23.3 Å². The van der Waals surface area contributed by atoms with Gasteiger partial charge in [-0.3, -0.25) is 4.57 Å². The molecule has 0 atom stereocenters. The van der Waals surface area contributed by atoms with Crippen LogP contribution in [0.4, 0.5) is 0 Å². The van der Waals surface area contributed by atoms with E-state index < -0.39 is 0 Å². The molecule has 3 rings (SSSR count). The zero-order valence-corrected chi connectivity index (χ0v) is 11.8. The van der Waals surface area contributed by atoms with E-state index in [9.17, 15) is 5.26 Å². The van der Waals surface area contributed by atoms with Gasteiger partial charge in [0.05, 0.1) is 0 Å². The number of nitrogens with zero attached hydrogens (tertiary/aromatic N) is 4. The number of benzene rings is 1. The zero-order valence-electron chi connectivity index (χ0n) is 11.8. The molecule has 0 radical (unpaired) electrons. The second kappa shape index (κ2) is 5.40. The van der Waals surface area contributed by atoms with Crippen molar-refractivity contribution < 1.29 is 0 Å². The average Bonchev–Trinajstić information content (AvgIpc) is 3.23. The maximum Gasteiger partial charge on any atom is 0.177 e. The standard InChI is InChI=1S/C16H15N5/c1-11-6-14(5-2-12(11)9-19-13-3-4-13)21-10-20-15(7-17)16(21)8-18/h2,5-6,10,13,19H,3-4,9H2,1H3. The van der Waals surface area contributed by atoms with Gasteiger partial charge in [-0.15, -0.1) is 0 Å². The van der Waals surface area contributed by atoms with Gasteiger partial charge in [-0.25, -0.2) is 4.98 Å². The highest BCUT2D eigenvalue weighted by molar-refractivity contribution is 5.47. The van der Waals surface area contributed by atoms with Crippen LogP contribution in [-0.4, -0.2) is 15.6 Å². The number of hydrogen-bond acceptors (Lipinski definition) is 4. The van der Waals surface area contributed by atoms with Gasteiger partial charge in [-0.1, -0.05) is 6.07 Å². The van der Waals surface area contributed by atoms with Gasteiger partial charge in [0.1, 0.15) is 18.5 Å². The van der Waals surface area contributed by atoms with Crippen LogP contribution in [0.15, 0.2) is 24.5 Å². The molecule has 0 amide bonds. The molecule has 0 saturated heterocycles. The fourth-order valence-electron chi connectivity index (χ4n) is 2.30. The van der Waals surface area contributed by atoms with Gasteiger partial charge in [0.2, 0.25) is 0 Å². The lowest BCUT2D eigenvalue weighted by Gasteiger charge is -2.10. The molecule has 0 bridgehead atoms. The normalized spacial score (nSPS) is 13.7. The first-order valence-corrected chi connectivity index (χ1v) is 6.93. The smallest absolute Gasteiger partial charge is 0.177 e. The van der Waals surface area contributed by atoms with Crippen LogP contribution in [0.25, 0.3) is 5.69 Å². The van der Waals surface area contributed by atoms with E-state index in [0.717, 1.165) is 17.8 Å². The molecule has 0 spiro atoms. The Balaban J connectivity index is 1.89. The molecular weight excluding hydrogens is 262 g/mol. The van der Waals surface area contributed by atoms with Crippen molar-refractivity contribution in [3.63, 3.8) is 0 Å². The first-order valence-electron chi connectivity index (χ1n) is 6.93. The Bertz CT molecular complexity index is 756. The number of rotatable bonds is 4. The molecule has 21 heavy (non-hydrogen) atoms. The van der Waals surface area contributed by atoms with Crippen LogP contribution in [0.3, 0.4) is 0 Å². The van der Waals surface area contributed by atoms with Crippen LogP contribution in [0.2, 0.25) is 0 Å². The third-order valence-corrected chi connectivity index (χ3v) is 3.74. The van der Waals surface area contributed by atoms with Gasteiger partial charge in [-0.05, 0) is 43.0 Å². The molecular formula is C16H15N5. The van der Waals surface area contributed by atoms with E-state index in [1.54, 1.807) is 4.57 Å². The number of aromatic nitrogens is 2. The molecule has 1 aromatic heterocycles. The third kappa shape index (κ3) is 2.65. The molecule has 1 aromatic carbocycles. The summed E-state index contributed by atoms with van der Waals surface area (Å²) in [5.41, 5.74) is 3.71. The van der Waals surface area contributed by atoms with Crippen LogP contribution in [0.5, 0.6) is 0 Å². The Kier molecular flexibility index (Phi) is 3.43. The average molecular weight is 277 g/mol. The van der Waals surface area contributed by atoms with E-state index in [4.69, 9.17) is 5.26 Å². The van der Waals surface area contributed by atoms with Gasteiger partial charge < -0.3 is 5.32 Å². The van der Waals surface area contributed by atoms with Crippen molar-refractivity contribution in [3.8, 4) is 17.8 Å². The summed E-state index contributed by atoms with van der Waals surface area (Å²) < 4.78 is 1.66. The summed E-state index contributed by atoms with van der Waals surface area (Å²) in [6.45, 7) is 2.93. The topological polar surface area (TPSA) is 77.4 Å². The van der Waals surface area contributed by atoms with E-state index in [1.807, 2.05) is 24.3 Å². The van der Waals surface area contributed by atoms with Gasteiger partial charge in [0.15, 0.2) is 11.4 Å². The van der Waals surface area contributed by atoms with Crippen molar-refractivity contribution in [2.24, 2.45) is 0 Å². The molecule has 5 nitrogen and oxygen atoms in total. The van der Waals surface area contributed by atoms with Crippen molar-refractivity contribution >= 4 is 0 Å². The second-order valence-electron chi connectivity index (χ2n) is 5.30. The Hall–Kier alpha value is -2.63. The van der Waals surface area contributed by atoms with Crippen molar-refractivity contribution in [2.75, 3.05) is 0 Å². The predicted molar refractivity (Wildman–Crippen MR) is 77.6 cm³/mol. The van der Waals surface area contributed by atoms with Crippen LogP contribution in [0, 0.1) is 29.6 Å². The van der Waals surface area contributed by atoms with E-state index >= 15 is 0 Å². The monoisotopic (exact) mass is 277 g/mol. The molecule has 1 saturated carbocycles. The number of nitriles is 2. The van der Waals surface area contributed by atoms with Crippen molar-refractivity contribution in [2.45, 2.75) is 32.4 Å². The SMILES string of the molecule is Cc1cc(-n2cnc(C#N)c2C#N)ccc1CNC1CC1. The first kappa shape index (κ1) is 13.4. The molecule has 1 heterocycles. The lowest BCUT2D eigenvalue weighted by molar-refractivity contribution is 0.685. The molecule has 0 unspecified atom stereocenters. The largest absolute Gasteiger partial charge is 0.310 e. The Morgan fingerprint density at radius 1 is 1.33 bits per heavy atom. The minimum atomic E-state index is 0.162. The molecule has 1 aliphatic rings. The number of imidazole rings is 1. The minimum Gasteiger partial charge on any atom is -0.310 e. The summed E-state index contributed by atoms with van der Waals surface area (Å²) in [5, 5.41) is 21.6. The van der Waals surface area contributed by atoms with E-state index in [-0.39, 0.29) is 11.4 Å². The third-order valence-electron chi connectivity index (χ3n) is 3.74. The zero-order chi connectivity index (χ0) is 14.8. The molecule has 5 heteroatoms.